The molecule has 160 valence electrons. The number of carbonyl (C=O) groups is 1. The summed E-state index contributed by atoms with van der Waals surface area (Å²) in [5, 5.41) is 3.29. The number of benzene rings is 1. The third-order valence-electron chi connectivity index (χ3n) is 4.00. The van der Waals surface area contributed by atoms with Gasteiger partial charge in [0.05, 0.1) is 16.8 Å². The number of nitrogens with zero attached hydrogens (tertiary/aromatic N) is 2. The molecule has 1 aromatic heterocycles. The third-order valence-corrected chi connectivity index (χ3v) is 5.00. The summed E-state index contributed by atoms with van der Waals surface area (Å²) in [7, 11) is 1.64. The molecule has 3 rings (SSSR count). The van der Waals surface area contributed by atoms with Crippen molar-refractivity contribution in [3.05, 3.63) is 47.1 Å². The second kappa shape index (κ2) is 13.3. The molecule has 1 fully saturated rings. The molecule has 1 saturated heterocycles. The van der Waals surface area contributed by atoms with Crippen molar-refractivity contribution in [1.82, 2.24) is 4.98 Å². The number of thioether (sulfide) groups is 1. The summed E-state index contributed by atoms with van der Waals surface area (Å²) in [5.41, 5.74) is 1.31. The van der Waals surface area contributed by atoms with Crippen LogP contribution in [0.4, 0.5) is 20.2 Å². The van der Waals surface area contributed by atoms with Crippen LogP contribution in [0.2, 0.25) is 5.02 Å². The predicted molar refractivity (Wildman–Crippen MR) is 116 cm³/mol. The maximum Gasteiger partial charge on any atom is 0.211 e. The van der Waals surface area contributed by atoms with E-state index in [-0.39, 0.29) is 11.1 Å². The molecule has 2 heterocycles. The van der Waals surface area contributed by atoms with Gasteiger partial charge in [0.25, 0.3) is 0 Å². The fraction of sp³-hybridized carbons (Fsp3) is 0.400. The second-order valence-corrected chi connectivity index (χ2v) is 6.84. The lowest BCUT2D eigenvalue weighted by Crippen LogP contribution is -2.22. The van der Waals surface area contributed by atoms with E-state index < -0.39 is 11.6 Å². The molecule has 1 unspecified atom stereocenters. The van der Waals surface area contributed by atoms with Gasteiger partial charge in [-0.15, -0.1) is 11.8 Å². The van der Waals surface area contributed by atoms with Crippen molar-refractivity contribution < 1.29 is 18.3 Å². The van der Waals surface area contributed by atoms with Crippen molar-refractivity contribution in [1.29, 1.82) is 0 Å². The molecule has 0 aliphatic carbocycles. The highest BCUT2D eigenvalue weighted by Gasteiger charge is 2.25. The fourth-order valence-electron chi connectivity index (χ4n) is 2.58. The van der Waals surface area contributed by atoms with Gasteiger partial charge in [-0.05, 0) is 36.9 Å². The van der Waals surface area contributed by atoms with Crippen LogP contribution in [-0.2, 0) is 9.53 Å². The van der Waals surface area contributed by atoms with Gasteiger partial charge in [-0.3, -0.25) is 4.79 Å². The number of methoxy groups -OCH3 is 1. The van der Waals surface area contributed by atoms with E-state index in [1.165, 1.54) is 6.07 Å². The Bertz CT molecular complexity index is 783. The summed E-state index contributed by atoms with van der Waals surface area (Å²) in [6, 6.07) is 6.16. The molecule has 1 aliphatic heterocycles. The number of halogens is 3. The molecule has 0 spiro atoms. The zero-order valence-electron chi connectivity index (χ0n) is 16.9. The maximum atomic E-state index is 13.3. The minimum Gasteiger partial charge on any atom is -0.380 e. The van der Waals surface area contributed by atoms with Crippen molar-refractivity contribution in [2.75, 3.05) is 36.7 Å². The molecule has 1 aromatic carbocycles. The van der Waals surface area contributed by atoms with Crippen LogP contribution in [0.3, 0.4) is 0 Å². The van der Waals surface area contributed by atoms with E-state index in [0.717, 1.165) is 29.7 Å². The van der Waals surface area contributed by atoms with Crippen molar-refractivity contribution in [3.8, 4) is 0 Å². The monoisotopic (exact) mass is 445 g/mol. The molecule has 0 radical (unpaired) electrons. The van der Waals surface area contributed by atoms with Crippen LogP contribution in [0.5, 0.6) is 0 Å². The number of aromatic nitrogens is 1. The lowest BCUT2D eigenvalue weighted by molar-refractivity contribution is -0.105. The Hall–Kier alpha value is -1.90. The van der Waals surface area contributed by atoms with E-state index in [1.54, 1.807) is 31.1 Å². The topological polar surface area (TPSA) is 54.5 Å². The number of hydrogen-bond donors (Lipinski definition) is 1. The third kappa shape index (κ3) is 7.45. The van der Waals surface area contributed by atoms with E-state index in [9.17, 15) is 13.6 Å². The van der Waals surface area contributed by atoms with E-state index in [2.05, 4.69) is 10.3 Å². The predicted octanol–water partition coefficient (Wildman–Crippen LogP) is 5.24. The van der Waals surface area contributed by atoms with Gasteiger partial charge in [-0.1, -0.05) is 25.4 Å². The van der Waals surface area contributed by atoms with Gasteiger partial charge in [0, 0.05) is 32.1 Å². The Labute approximate surface area is 179 Å². The molecule has 1 atom stereocenters. The van der Waals surface area contributed by atoms with Crippen molar-refractivity contribution in [3.63, 3.8) is 0 Å². The van der Waals surface area contributed by atoms with Crippen molar-refractivity contribution in [2.24, 2.45) is 0 Å². The largest absolute Gasteiger partial charge is 0.380 e. The lowest BCUT2D eigenvalue weighted by atomic mass is 10.2. The van der Waals surface area contributed by atoms with Crippen LogP contribution in [-0.4, -0.2) is 44.0 Å². The Kier molecular flexibility index (Phi) is 11.6. The zero-order chi connectivity index (χ0) is 21.8. The summed E-state index contributed by atoms with van der Waals surface area (Å²) in [4.78, 5) is 16.0. The van der Waals surface area contributed by atoms with E-state index in [1.807, 2.05) is 31.1 Å². The number of amides is 1. The summed E-state index contributed by atoms with van der Waals surface area (Å²) >= 11 is 7.31. The van der Waals surface area contributed by atoms with Crippen molar-refractivity contribution in [2.45, 2.75) is 31.4 Å². The first kappa shape index (κ1) is 25.1. The molecule has 1 aliphatic rings. The summed E-state index contributed by atoms with van der Waals surface area (Å²) in [5.74, 6) is -1.91. The van der Waals surface area contributed by atoms with Crippen LogP contribution in [0.1, 0.15) is 20.3 Å². The first-order valence-corrected chi connectivity index (χ1v) is 10.7. The van der Waals surface area contributed by atoms with Gasteiger partial charge in [0.15, 0.2) is 11.6 Å². The highest BCUT2D eigenvalue weighted by atomic mass is 35.5. The first-order chi connectivity index (χ1) is 14.0. The molecular weight excluding hydrogens is 420 g/mol. The molecule has 1 amide bonds. The van der Waals surface area contributed by atoms with Gasteiger partial charge in [0.2, 0.25) is 6.41 Å². The Morgan fingerprint density at radius 2 is 2.07 bits per heavy atom. The molecule has 0 bridgehead atoms. The highest BCUT2D eigenvalue weighted by molar-refractivity contribution is 7.98. The van der Waals surface area contributed by atoms with E-state index in [0.29, 0.717) is 18.6 Å². The van der Waals surface area contributed by atoms with Gasteiger partial charge >= 0.3 is 0 Å². The van der Waals surface area contributed by atoms with Gasteiger partial charge in [-0.25, -0.2) is 13.8 Å². The summed E-state index contributed by atoms with van der Waals surface area (Å²) in [6.07, 6.45) is 5.25. The Morgan fingerprint density at radius 1 is 1.34 bits per heavy atom. The minimum absolute atomic E-state index is 0.129. The van der Waals surface area contributed by atoms with Gasteiger partial charge < -0.3 is 15.0 Å². The van der Waals surface area contributed by atoms with Gasteiger partial charge in [0.1, 0.15) is 5.02 Å². The van der Waals surface area contributed by atoms with E-state index in [4.69, 9.17) is 16.3 Å². The second-order valence-electron chi connectivity index (χ2n) is 5.64. The average molecular weight is 446 g/mol. The smallest absolute Gasteiger partial charge is 0.211 e. The Morgan fingerprint density at radius 3 is 2.66 bits per heavy atom. The van der Waals surface area contributed by atoms with Crippen molar-refractivity contribution >= 4 is 41.1 Å². The van der Waals surface area contributed by atoms with Crippen LogP contribution in [0.25, 0.3) is 0 Å². The number of rotatable bonds is 5. The number of ether oxygens (including phenoxy) is 1. The Balaban J connectivity index is 0.000000284. The molecule has 29 heavy (non-hydrogen) atoms. The molecule has 5 nitrogen and oxygen atoms in total. The lowest BCUT2D eigenvalue weighted by Gasteiger charge is -2.20. The molecule has 1 N–H and O–H groups in total. The molecule has 9 heteroatoms. The van der Waals surface area contributed by atoms with Crippen LogP contribution >= 0.6 is 23.4 Å². The molecule has 2 aromatic rings. The van der Waals surface area contributed by atoms with Crippen LogP contribution < -0.4 is 10.2 Å². The van der Waals surface area contributed by atoms with Gasteiger partial charge in [-0.2, -0.15) is 0 Å². The first-order valence-electron chi connectivity index (χ1n) is 9.11. The summed E-state index contributed by atoms with van der Waals surface area (Å²) in [6.45, 7) is 5.39. The SMILES string of the molecule is CC.COC1CCN(c2ccc(F)c(F)c2Cl)C1.CSc1cc(NC=O)ccn1. The summed E-state index contributed by atoms with van der Waals surface area (Å²) < 4.78 is 31.3. The fourth-order valence-corrected chi connectivity index (χ4v) is 3.26. The molecular formula is C20H26ClF2N3O2S. The quantitative estimate of drug-likeness (QED) is 0.387. The number of hydrogen-bond acceptors (Lipinski definition) is 5. The highest BCUT2D eigenvalue weighted by Crippen LogP contribution is 2.32. The zero-order valence-corrected chi connectivity index (χ0v) is 18.5. The standard InChI is InChI=1S/C11H12ClF2NO.C7H8N2OS.C2H6/c1-16-7-4-5-15(6-7)9-3-2-8(13)11(14)10(9)12;1-11-7-4-6(9-5-10)2-3-8-7;1-2/h2-3,7H,4-6H2,1H3;2-5H,1H3,(H,8,9,10);1-2H3. The number of nitrogens with one attached hydrogen (secondary N) is 1. The molecule has 0 saturated carbocycles. The number of carbonyl (C=O) groups excluding carboxylic acids is 1. The van der Waals surface area contributed by atoms with Crippen LogP contribution in [0.15, 0.2) is 35.5 Å². The number of anilines is 2. The average Bonchev–Trinajstić information content (AvgIpc) is 3.23. The maximum absolute atomic E-state index is 13.3. The normalized spacial score (nSPS) is 15.0. The number of pyridine rings is 1. The van der Waals surface area contributed by atoms with Crippen LogP contribution in [0, 0.1) is 11.6 Å². The van der Waals surface area contributed by atoms with E-state index >= 15 is 0 Å². The minimum atomic E-state index is -0.986.